The van der Waals surface area contributed by atoms with Crippen molar-refractivity contribution in [2.45, 2.75) is 94.9 Å². The molecule has 1 aliphatic heterocycles. The molecule has 1 amide bonds. The molecule has 1 heterocycles. The van der Waals surface area contributed by atoms with Gasteiger partial charge in [0.05, 0.1) is 23.1 Å². The van der Waals surface area contributed by atoms with E-state index in [-0.39, 0.29) is 4.90 Å². The summed E-state index contributed by atoms with van der Waals surface area (Å²) < 4.78 is 32.2. The molecule has 2 rings (SSSR count). The molecule has 2 N–H and O–H groups in total. The monoisotopic (exact) mass is 466 g/mol. The van der Waals surface area contributed by atoms with Crippen molar-refractivity contribution in [2.75, 3.05) is 13.2 Å². The van der Waals surface area contributed by atoms with Crippen LogP contribution < -0.4 is 10.0 Å². The van der Waals surface area contributed by atoms with Crippen molar-refractivity contribution in [3.8, 4) is 0 Å². The highest BCUT2D eigenvalue weighted by atomic mass is 32.2. The molecular weight excluding hydrogens is 428 g/mol. The van der Waals surface area contributed by atoms with Gasteiger partial charge in [-0.1, -0.05) is 64.7 Å². The maximum atomic E-state index is 12.4. The lowest BCUT2D eigenvalue weighted by Gasteiger charge is -2.12. The second-order valence-corrected chi connectivity index (χ2v) is 10.1. The van der Waals surface area contributed by atoms with Crippen molar-refractivity contribution in [3.05, 3.63) is 29.8 Å². The Labute approximate surface area is 192 Å². The topological polar surface area (TPSA) is 102 Å². The molecule has 0 aromatic heterocycles. The van der Waals surface area contributed by atoms with E-state index in [4.69, 9.17) is 4.74 Å². The molecule has 0 radical (unpaired) electrons. The van der Waals surface area contributed by atoms with Gasteiger partial charge in [0, 0.05) is 0 Å². The molecule has 32 heavy (non-hydrogen) atoms. The maximum Gasteiger partial charge on any atom is 0.338 e. The molecule has 1 atom stereocenters. The number of sulfonamides is 1. The average Bonchev–Trinajstić information content (AvgIpc) is 3.32. The van der Waals surface area contributed by atoms with Gasteiger partial charge in [0.15, 0.2) is 0 Å². The highest BCUT2D eigenvalue weighted by Gasteiger charge is 2.26. The van der Waals surface area contributed by atoms with Crippen LogP contribution in [0.3, 0.4) is 0 Å². The molecule has 180 valence electrons. The molecule has 0 saturated carbocycles. The second-order valence-electron chi connectivity index (χ2n) is 8.46. The van der Waals surface area contributed by atoms with Crippen LogP contribution in [0.25, 0.3) is 0 Å². The number of amides is 1. The molecule has 0 bridgehead atoms. The van der Waals surface area contributed by atoms with E-state index in [2.05, 4.69) is 17.0 Å². The Kier molecular flexibility index (Phi) is 11.7. The molecule has 0 aliphatic carbocycles. The van der Waals surface area contributed by atoms with Gasteiger partial charge in [-0.25, -0.2) is 17.9 Å². The molecule has 1 aromatic carbocycles. The molecule has 0 unspecified atom stereocenters. The number of benzene rings is 1. The minimum Gasteiger partial charge on any atom is -0.462 e. The first kappa shape index (κ1) is 26.3. The lowest BCUT2D eigenvalue weighted by atomic mass is 10.1. The third-order valence-electron chi connectivity index (χ3n) is 5.74. The van der Waals surface area contributed by atoms with E-state index >= 15 is 0 Å². The summed E-state index contributed by atoms with van der Waals surface area (Å²) in [6, 6.07) is 4.97. The largest absolute Gasteiger partial charge is 0.462 e. The standard InChI is InChI=1S/C24H38N2O5S/c1-2-3-4-5-6-7-8-9-10-11-19-31-24(28)20-14-16-21(17-15-20)32(29,30)26-23(27)22-13-12-18-25-22/h14-17,22,25H,2-13,18-19H2,1H3,(H,26,27)/t22-/m0/s1. The van der Waals surface area contributed by atoms with E-state index in [0.29, 0.717) is 25.1 Å². The molecule has 1 fully saturated rings. The molecule has 1 aliphatic rings. The second kappa shape index (κ2) is 14.3. The van der Waals surface area contributed by atoms with E-state index in [1.54, 1.807) is 0 Å². The Hall–Kier alpha value is -1.93. The first-order valence-electron chi connectivity index (χ1n) is 12.0. The van der Waals surface area contributed by atoms with Gasteiger partial charge in [-0.05, 0) is 50.1 Å². The third-order valence-corrected chi connectivity index (χ3v) is 7.11. The average molecular weight is 467 g/mol. The summed E-state index contributed by atoms with van der Waals surface area (Å²) in [6.45, 7) is 3.29. The minimum atomic E-state index is -3.97. The molecule has 8 heteroatoms. The van der Waals surface area contributed by atoms with E-state index < -0.39 is 27.9 Å². The van der Waals surface area contributed by atoms with Crippen LogP contribution in [0.1, 0.15) is 94.3 Å². The zero-order valence-corrected chi connectivity index (χ0v) is 20.1. The number of esters is 1. The van der Waals surface area contributed by atoms with Crippen molar-refractivity contribution in [1.82, 2.24) is 10.0 Å². The quantitative estimate of drug-likeness (QED) is 0.295. The van der Waals surface area contributed by atoms with Crippen molar-refractivity contribution in [1.29, 1.82) is 0 Å². The molecule has 1 aromatic rings. The van der Waals surface area contributed by atoms with Gasteiger partial charge in [-0.15, -0.1) is 0 Å². The number of hydrogen-bond acceptors (Lipinski definition) is 6. The highest BCUT2D eigenvalue weighted by Crippen LogP contribution is 2.14. The fraction of sp³-hybridized carbons (Fsp3) is 0.667. The number of carbonyl (C=O) groups excluding carboxylic acids is 2. The Morgan fingerprint density at radius 2 is 1.56 bits per heavy atom. The summed E-state index contributed by atoms with van der Waals surface area (Å²) in [5.74, 6) is -1.02. The first-order valence-corrected chi connectivity index (χ1v) is 13.5. The predicted molar refractivity (Wildman–Crippen MR) is 125 cm³/mol. The number of unbranched alkanes of at least 4 members (excludes halogenated alkanes) is 9. The van der Waals surface area contributed by atoms with Gasteiger partial charge in [0.25, 0.3) is 15.9 Å². The van der Waals surface area contributed by atoms with Gasteiger partial charge in [0.2, 0.25) is 0 Å². The summed E-state index contributed by atoms with van der Waals surface area (Å²) in [5.41, 5.74) is 0.291. The van der Waals surface area contributed by atoms with Gasteiger partial charge in [0.1, 0.15) is 0 Å². The Morgan fingerprint density at radius 3 is 2.12 bits per heavy atom. The van der Waals surface area contributed by atoms with E-state index in [0.717, 1.165) is 25.7 Å². The minimum absolute atomic E-state index is 0.0601. The van der Waals surface area contributed by atoms with Gasteiger partial charge in [-0.2, -0.15) is 0 Å². The molecule has 7 nitrogen and oxygen atoms in total. The smallest absolute Gasteiger partial charge is 0.338 e. The fourth-order valence-corrected chi connectivity index (χ4v) is 4.80. The van der Waals surface area contributed by atoms with E-state index in [9.17, 15) is 18.0 Å². The fourth-order valence-electron chi connectivity index (χ4n) is 3.78. The molecular formula is C24H38N2O5S. The lowest BCUT2D eigenvalue weighted by Crippen LogP contribution is -2.43. The SMILES string of the molecule is CCCCCCCCCCCCOC(=O)c1ccc(S(=O)(=O)NC(=O)[C@@H]2CCCN2)cc1. The first-order chi connectivity index (χ1) is 15.4. The zero-order valence-electron chi connectivity index (χ0n) is 19.2. The van der Waals surface area contributed by atoms with Crippen LogP contribution in [-0.4, -0.2) is 39.5 Å². The number of hydrogen-bond donors (Lipinski definition) is 2. The van der Waals surface area contributed by atoms with Crippen molar-refractivity contribution in [2.24, 2.45) is 0 Å². The van der Waals surface area contributed by atoms with Gasteiger partial charge < -0.3 is 10.1 Å². The van der Waals surface area contributed by atoms with Crippen LogP contribution in [0.4, 0.5) is 0 Å². The predicted octanol–water partition coefficient (Wildman–Crippen LogP) is 4.32. The maximum absolute atomic E-state index is 12.4. The Balaban J connectivity index is 1.64. The van der Waals surface area contributed by atoms with Crippen molar-refractivity contribution < 1.29 is 22.7 Å². The van der Waals surface area contributed by atoms with E-state index in [1.807, 2.05) is 0 Å². The summed E-state index contributed by atoms with van der Waals surface area (Å²) in [6.07, 6.45) is 13.6. The van der Waals surface area contributed by atoms with Crippen LogP contribution in [0, 0.1) is 0 Å². The molecule has 1 saturated heterocycles. The summed E-state index contributed by atoms with van der Waals surface area (Å²) in [7, 11) is -3.97. The van der Waals surface area contributed by atoms with Crippen LogP contribution in [-0.2, 0) is 19.6 Å². The molecule has 0 spiro atoms. The number of ether oxygens (including phenoxy) is 1. The number of nitrogens with one attached hydrogen (secondary N) is 2. The zero-order chi connectivity index (χ0) is 23.2. The van der Waals surface area contributed by atoms with Crippen molar-refractivity contribution in [3.63, 3.8) is 0 Å². The normalized spacial score (nSPS) is 16.1. The van der Waals surface area contributed by atoms with Crippen LogP contribution in [0.2, 0.25) is 0 Å². The summed E-state index contributed by atoms with van der Waals surface area (Å²) in [5, 5.41) is 2.96. The Bertz CT molecular complexity index is 802. The van der Waals surface area contributed by atoms with Crippen LogP contribution >= 0.6 is 0 Å². The highest BCUT2D eigenvalue weighted by molar-refractivity contribution is 7.90. The summed E-state index contributed by atoms with van der Waals surface area (Å²) >= 11 is 0. The lowest BCUT2D eigenvalue weighted by molar-refractivity contribution is -0.121. The van der Waals surface area contributed by atoms with Gasteiger partial charge >= 0.3 is 5.97 Å². The number of carbonyl (C=O) groups is 2. The summed E-state index contributed by atoms with van der Waals surface area (Å²) in [4.78, 5) is 24.2. The van der Waals surface area contributed by atoms with Crippen LogP contribution in [0.5, 0.6) is 0 Å². The van der Waals surface area contributed by atoms with Crippen LogP contribution in [0.15, 0.2) is 29.2 Å². The third kappa shape index (κ3) is 9.28. The van der Waals surface area contributed by atoms with E-state index in [1.165, 1.54) is 69.2 Å². The number of rotatable bonds is 15. The van der Waals surface area contributed by atoms with Crippen molar-refractivity contribution >= 4 is 21.9 Å². The van der Waals surface area contributed by atoms with Gasteiger partial charge in [-0.3, -0.25) is 4.79 Å². The Morgan fingerprint density at radius 1 is 0.969 bits per heavy atom.